The summed E-state index contributed by atoms with van der Waals surface area (Å²) in [5.41, 5.74) is 1.29. The summed E-state index contributed by atoms with van der Waals surface area (Å²) in [7, 11) is 0. The lowest BCUT2D eigenvalue weighted by molar-refractivity contribution is 0.0949. The largest absolute Gasteiger partial charge is 0.515 e. The van der Waals surface area contributed by atoms with Crippen LogP contribution in [0.2, 0.25) is 0 Å². The number of aromatic nitrogens is 1. The van der Waals surface area contributed by atoms with Gasteiger partial charge >= 0.3 is 18.4 Å². The van der Waals surface area contributed by atoms with Gasteiger partial charge in [0.1, 0.15) is 5.76 Å². The first-order valence-electron chi connectivity index (χ1n) is 10.8. The smallest absolute Gasteiger partial charge is 0.449 e. The van der Waals surface area contributed by atoms with Gasteiger partial charge in [-0.15, -0.1) is 0 Å². The van der Waals surface area contributed by atoms with Crippen molar-refractivity contribution >= 4 is 41.1 Å². The standard InChI is InChI=1S/C25H25NO8/c1-4-30-23(27)26-20-15-11-10-14-18(20)19(22(26)34-25(29)32-6-3)16-21(33-24(28)31-5-2)17-12-8-7-9-13-17/h7-16H,4-6H2,1-3H3/b21-16-. The minimum absolute atomic E-state index is 0.0743. The third-order valence-corrected chi connectivity index (χ3v) is 4.55. The van der Waals surface area contributed by atoms with Crippen LogP contribution in [0.4, 0.5) is 14.4 Å². The molecule has 0 N–H and O–H groups in total. The average Bonchev–Trinajstić information content (AvgIpc) is 3.12. The second kappa shape index (κ2) is 11.6. The van der Waals surface area contributed by atoms with Gasteiger partial charge in [0.15, 0.2) is 0 Å². The van der Waals surface area contributed by atoms with Gasteiger partial charge in [0.2, 0.25) is 5.88 Å². The maximum absolute atomic E-state index is 12.8. The molecule has 0 saturated heterocycles. The Balaban J connectivity index is 2.27. The highest BCUT2D eigenvalue weighted by atomic mass is 16.7. The maximum Gasteiger partial charge on any atom is 0.515 e. The molecule has 1 heterocycles. The normalized spacial score (nSPS) is 11.1. The Kier molecular flexibility index (Phi) is 8.28. The van der Waals surface area contributed by atoms with Gasteiger partial charge in [-0.2, -0.15) is 0 Å². The summed E-state index contributed by atoms with van der Waals surface area (Å²) < 4.78 is 27.1. The summed E-state index contributed by atoms with van der Waals surface area (Å²) in [6.07, 6.45) is -1.15. The molecule has 178 valence electrons. The first-order valence-corrected chi connectivity index (χ1v) is 10.8. The van der Waals surface area contributed by atoms with E-state index in [-0.39, 0.29) is 31.5 Å². The lowest BCUT2D eigenvalue weighted by Gasteiger charge is -2.11. The van der Waals surface area contributed by atoms with Gasteiger partial charge in [0, 0.05) is 16.5 Å². The molecule has 0 saturated carbocycles. The zero-order valence-electron chi connectivity index (χ0n) is 19.1. The number of hydrogen-bond acceptors (Lipinski definition) is 8. The molecule has 2 aromatic carbocycles. The van der Waals surface area contributed by atoms with Crippen LogP contribution in [0.15, 0.2) is 54.6 Å². The molecule has 0 fully saturated rings. The molecule has 0 atom stereocenters. The SMILES string of the molecule is CCOC(=O)O/C(=C\c1c(OC(=O)OCC)n(C(=O)OCC)c2ccccc12)c1ccccc1. The summed E-state index contributed by atoms with van der Waals surface area (Å²) >= 11 is 0. The molecule has 0 amide bonds. The van der Waals surface area contributed by atoms with E-state index in [2.05, 4.69) is 0 Å². The molecule has 3 rings (SSSR count). The number of rotatable bonds is 7. The molecular weight excluding hydrogens is 442 g/mol. The van der Waals surface area contributed by atoms with Crippen LogP contribution < -0.4 is 4.74 Å². The van der Waals surface area contributed by atoms with E-state index in [1.54, 1.807) is 69.3 Å². The Morgan fingerprint density at radius 2 is 1.41 bits per heavy atom. The Hall–Kier alpha value is -4.27. The Morgan fingerprint density at radius 1 is 0.794 bits per heavy atom. The van der Waals surface area contributed by atoms with E-state index in [9.17, 15) is 14.4 Å². The minimum atomic E-state index is -1.00. The number of para-hydroxylation sites is 1. The van der Waals surface area contributed by atoms with Crippen LogP contribution >= 0.6 is 0 Å². The third kappa shape index (κ3) is 5.55. The van der Waals surface area contributed by atoms with Crippen molar-refractivity contribution < 1.29 is 38.1 Å². The quantitative estimate of drug-likeness (QED) is 0.242. The molecule has 0 aliphatic rings. The van der Waals surface area contributed by atoms with Crippen LogP contribution in [0, 0.1) is 0 Å². The van der Waals surface area contributed by atoms with Gasteiger partial charge in [-0.25, -0.2) is 19.0 Å². The molecule has 34 heavy (non-hydrogen) atoms. The van der Waals surface area contributed by atoms with E-state index >= 15 is 0 Å². The number of benzene rings is 2. The Bertz CT molecular complexity index is 1200. The van der Waals surface area contributed by atoms with Crippen molar-refractivity contribution in [3.8, 4) is 5.88 Å². The fourth-order valence-corrected chi connectivity index (χ4v) is 3.22. The zero-order chi connectivity index (χ0) is 24.5. The lowest BCUT2D eigenvalue weighted by Crippen LogP contribution is -2.19. The lowest BCUT2D eigenvalue weighted by atomic mass is 10.1. The number of ether oxygens (including phenoxy) is 5. The highest BCUT2D eigenvalue weighted by Gasteiger charge is 2.26. The molecule has 0 radical (unpaired) electrons. The van der Waals surface area contributed by atoms with Gasteiger partial charge in [0.05, 0.1) is 25.3 Å². The number of carbonyl (C=O) groups excluding carboxylic acids is 3. The van der Waals surface area contributed by atoms with Crippen molar-refractivity contribution in [2.24, 2.45) is 0 Å². The first-order chi connectivity index (χ1) is 16.5. The molecule has 0 bridgehead atoms. The second-order valence-electron chi connectivity index (χ2n) is 6.72. The first kappa shape index (κ1) is 24.4. The van der Waals surface area contributed by atoms with Crippen LogP contribution in [0.1, 0.15) is 31.9 Å². The highest BCUT2D eigenvalue weighted by molar-refractivity contribution is 6.02. The fraction of sp³-hybridized carbons (Fsp3) is 0.240. The van der Waals surface area contributed by atoms with Crippen molar-refractivity contribution in [3.05, 3.63) is 65.7 Å². The predicted octanol–water partition coefficient (Wildman–Crippen LogP) is 5.85. The predicted molar refractivity (Wildman–Crippen MR) is 124 cm³/mol. The maximum atomic E-state index is 12.8. The van der Waals surface area contributed by atoms with E-state index < -0.39 is 18.4 Å². The number of hydrogen-bond donors (Lipinski definition) is 0. The molecule has 0 unspecified atom stereocenters. The van der Waals surface area contributed by atoms with Crippen molar-refractivity contribution in [1.29, 1.82) is 0 Å². The molecular formula is C25H25NO8. The molecule has 0 aliphatic heterocycles. The molecule has 9 nitrogen and oxygen atoms in total. The number of carbonyl (C=O) groups is 3. The van der Waals surface area contributed by atoms with Crippen LogP contribution in [0.25, 0.3) is 22.7 Å². The summed E-state index contributed by atoms with van der Waals surface area (Å²) in [5, 5.41) is 0.552. The highest BCUT2D eigenvalue weighted by Crippen LogP contribution is 2.36. The average molecular weight is 467 g/mol. The van der Waals surface area contributed by atoms with Gasteiger partial charge in [-0.1, -0.05) is 48.5 Å². The third-order valence-electron chi connectivity index (χ3n) is 4.55. The van der Waals surface area contributed by atoms with Gasteiger partial charge in [0.25, 0.3) is 0 Å². The van der Waals surface area contributed by atoms with Gasteiger partial charge < -0.3 is 23.7 Å². The van der Waals surface area contributed by atoms with E-state index in [0.717, 1.165) is 4.57 Å². The fourth-order valence-electron chi connectivity index (χ4n) is 3.22. The molecule has 9 heteroatoms. The van der Waals surface area contributed by atoms with Crippen LogP contribution in [0.3, 0.4) is 0 Å². The topological polar surface area (TPSA) is 102 Å². The van der Waals surface area contributed by atoms with Crippen molar-refractivity contribution in [3.63, 3.8) is 0 Å². The molecule has 0 aliphatic carbocycles. The van der Waals surface area contributed by atoms with Crippen LogP contribution in [-0.4, -0.2) is 42.8 Å². The Labute approximate surface area is 196 Å². The van der Waals surface area contributed by atoms with Gasteiger partial charge in [-0.05, 0) is 32.9 Å². The number of nitrogens with zero attached hydrogens (tertiary/aromatic N) is 1. The zero-order valence-corrected chi connectivity index (χ0v) is 19.1. The molecule has 0 spiro atoms. The van der Waals surface area contributed by atoms with Crippen LogP contribution in [-0.2, 0) is 18.9 Å². The summed E-state index contributed by atoms with van der Waals surface area (Å²) in [5.74, 6) is -0.0153. The summed E-state index contributed by atoms with van der Waals surface area (Å²) in [4.78, 5) is 37.2. The van der Waals surface area contributed by atoms with Crippen molar-refractivity contribution in [2.45, 2.75) is 20.8 Å². The van der Waals surface area contributed by atoms with E-state index in [1.165, 1.54) is 6.08 Å². The van der Waals surface area contributed by atoms with E-state index in [0.29, 0.717) is 22.0 Å². The summed E-state index contributed by atoms with van der Waals surface area (Å²) in [6.45, 7) is 5.26. The Morgan fingerprint density at radius 3 is 2.09 bits per heavy atom. The molecule has 1 aromatic heterocycles. The molecule has 3 aromatic rings. The van der Waals surface area contributed by atoms with E-state index in [4.69, 9.17) is 23.7 Å². The monoisotopic (exact) mass is 467 g/mol. The summed E-state index contributed by atoms with van der Waals surface area (Å²) in [6, 6.07) is 15.7. The van der Waals surface area contributed by atoms with Crippen LogP contribution in [0.5, 0.6) is 5.88 Å². The second-order valence-corrected chi connectivity index (χ2v) is 6.72. The van der Waals surface area contributed by atoms with Crippen molar-refractivity contribution in [1.82, 2.24) is 4.57 Å². The minimum Gasteiger partial charge on any atom is -0.449 e. The van der Waals surface area contributed by atoms with Gasteiger partial charge in [-0.3, -0.25) is 0 Å². The number of fused-ring (bicyclic) bond motifs is 1. The van der Waals surface area contributed by atoms with Crippen molar-refractivity contribution in [2.75, 3.05) is 19.8 Å². The van der Waals surface area contributed by atoms with E-state index in [1.807, 2.05) is 6.07 Å².